The fraction of sp³-hybridized carbons (Fsp3) is 0.250. The van der Waals surface area contributed by atoms with Gasteiger partial charge in [-0.05, 0) is 35.7 Å². The Morgan fingerprint density at radius 2 is 1.70 bits per heavy atom. The van der Waals surface area contributed by atoms with Crippen molar-refractivity contribution in [2.45, 2.75) is 20.0 Å². The Hall–Kier alpha value is -3.19. The molecule has 0 unspecified atom stereocenters. The Morgan fingerprint density at radius 1 is 1.00 bits per heavy atom. The number of hydrogen-bond donors (Lipinski definition) is 3. The van der Waals surface area contributed by atoms with Crippen LogP contribution in [-0.2, 0) is 27.4 Å². The van der Waals surface area contributed by atoms with Crippen LogP contribution in [0.25, 0.3) is 0 Å². The third kappa shape index (κ3) is 6.23. The normalized spacial score (nSPS) is 10.1. The number of anilines is 1. The highest BCUT2D eigenvalue weighted by Gasteiger charge is 2.12. The standard InChI is InChI=1S/C20H22N2O5/c1-2-15-5-3-4-6-17(15)22-18(24)11-21-19(25)13-27-20(26)16-9-7-14(12-23)8-10-16/h3-10,23H,2,11-13H2,1H3,(H,21,25)(H,22,24). The van der Waals surface area contributed by atoms with Crippen LogP contribution in [0.4, 0.5) is 5.69 Å². The van der Waals surface area contributed by atoms with Crippen molar-refractivity contribution in [3.05, 3.63) is 65.2 Å². The van der Waals surface area contributed by atoms with E-state index in [2.05, 4.69) is 10.6 Å². The SMILES string of the molecule is CCc1ccccc1NC(=O)CNC(=O)COC(=O)c1ccc(CO)cc1. The number of aryl methyl sites for hydroxylation is 1. The maximum atomic E-state index is 12.0. The second-order valence-corrected chi connectivity index (χ2v) is 5.77. The summed E-state index contributed by atoms with van der Waals surface area (Å²) in [6.45, 7) is 1.15. The summed E-state index contributed by atoms with van der Waals surface area (Å²) in [6, 6.07) is 13.6. The highest BCUT2D eigenvalue weighted by Crippen LogP contribution is 2.14. The van der Waals surface area contributed by atoms with Crippen molar-refractivity contribution >= 4 is 23.5 Å². The van der Waals surface area contributed by atoms with Gasteiger partial charge in [-0.2, -0.15) is 0 Å². The summed E-state index contributed by atoms with van der Waals surface area (Å²) < 4.78 is 4.91. The van der Waals surface area contributed by atoms with E-state index in [9.17, 15) is 14.4 Å². The number of esters is 1. The molecule has 2 rings (SSSR count). The smallest absolute Gasteiger partial charge is 0.338 e. The molecule has 2 aromatic carbocycles. The zero-order chi connectivity index (χ0) is 19.6. The molecular formula is C20H22N2O5. The first-order chi connectivity index (χ1) is 13.0. The van der Waals surface area contributed by atoms with E-state index in [1.807, 2.05) is 25.1 Å². The molecule has 3 N–H and O–H groups in total. The number of aliphatic hydroxyl groups excluding tert-OH is 1. The van der Waals surface area contributed by atoms with Gasteiger partial charge in [0.15, 0.2) is 6.61 Å². The van der Waals surface area contributed by atoms with Gasteiger partial charge in [0.25, 0.3) is 5.91 Å². The summed E-state index contributed by atoms with van der Waals surface area (Å²) in [5.74, 6) is -1.60. The van der Waals surface area contributed by atoms with E-state index in [1.165, 1.54) is 12.1 Å². The Labute approximate surface area is 157 Å². The number of aliphatic hydroxyl groups is 1. The van der Waals surface area contributed by atoms with E-state index >= 15 is 0 Å². The van der Waals surface area contributed by atoms with Crippen LogP contribution in [0.1, 0.15) is 28.4 Å². The van der Waals surface area contributed by atoms with Crippen LogP contribution in [0.5, 0.6) is 0 Å². The average molecular weight is 370 g/mol. The molecule has 0 aromatic heterocycles. The Bertz CT molecular complexity index is 802. The number of carbonyl (C=O) groups is 3. The highest BCUT2D eigenvalue weighted by molar-refractivity contribution is 5.96. The van der Waals surface area contributed by atoms with Crippen LogP contribution in [-0.4, -0.2) is 36.0 Å². The number of ether oxygens (including phenoxy) is 1. The zero-order valence-corrected chi connectivity index (χ0v) is 15.0. The van der Waals surface area contributed by atoms with Crippen molar-refractivity contribution in [3.8, 4) is 0 Å². The van der Waals surface area contributed by atoms with E-state index < -0.39 is 18.5 Å². The van der Waals surface area contributed by atoms with Crippen LogP contribution in [0.15, 0.2) is 48.5 Å². The molecule has 2 aromatic rings. The lowest BCUT2D eigenvalue weighted by Crippen LogP contribution is -2.35. The lowest BCUT2D eigenvalue weighted by molar-refractivity contribution is -0.126. The molecule has 0 atom stereocenters. The summed E-state index contributed by atoms with van der Waals surface area (Å²) in [5.41, 5.74) is 2.64. The second-order valence-electron chi connectivity index (χ2n) is 5.77. The zero-order valence-electron chi connectivity index (χ0n) is 15.0. The first kappa shape index (κ1) is 20.1. The van der Waals surface area contributed by atoms with Crippen molar-refractivity contribution in [1.82, 2.24) is 5.32 Å². The molecule has 0 saturated heterocycles. The molecule has 0 heterocycles. The van der Waals surface area contributed by atoms with Gasteiger partial charge in [-0.1, -0.05) is 37.3 Å². The predicted molar refractivity (Wildman–Crippen MR) is 100 cm³/mol. The number of para-hydroxylation sites is 1. The maximum absolute atomic E-state index is 12.0. The molecular weight excluding hydrogens is 348 g/mol. The molecule has 142 valence electrons. The summed E-state index contributed by atoms with van der Waals surface area (Å²) in [5, 5.41) is 14.1. The Morgan fingerprint density at radius 3 is 2.37 bits per heavy atom. The third-order valence-electron chi connectivity index (χ3n) is 3.83. The minimum atomic E-state index is -0.657. The van der Waals surface area contributed by atoms with Crippen molar-refractivity contribution in [2.75, 3.05) is 18.5 Å². The number of amides is 2. The van der Waals surface area contributed by atoms with Gasteiger partial charge in [0.05, 0.1) is 18.7 Å². The van der Waals surface area contributed by atoms with Crippen LogP contribution in [0.2, 0.25) is 0 Å². The van der Waals surface area contributed by atoms with Crippen LogP contribution < -0.4 is 10.6 Å². The van der Waals surface area contributed by atoms with Crippen molar-refractivity contribution in [2.24, 2.45) is 0 Å². The van der Waals surface area contributed by atoms with Gasteiger partial charge in [0.2, 0.25) is 5.91 Å². The predicted octanol–water partition coefficient (Wildman–Crippen LogP) is 1.65. The molecule has 0 aliphatic heterocycles. The summed E-state index contributed by atoms with van der Waals surface area (Å²) in [6.07, 6.45) is 0.776. The van der Waals surface area contributed by atoms with E-state index in [0.29, 0.717) is 11.3 Å². The van der Waals surface area contributed by atoms with Gasteiger partial charge in [-0.25, -0.2) is 4.79 Å². The highest BCUT2D eigenvalue weighted by atomic mass is 16.5. The van der Waals surface area contributed by atoms with Gasteiger partial charge in [0.1, 0.15) is 0 Å². The second kappa shape index (κ2) is 10.1. The third-order valence-corrected chi connectivity index (χ3v) is 3.83. The molecule has 0 aliphatic rings. The lowest BCUT2D eigenvalue weighted by Gasteiger charge is -2.10. The van der Waals surface area contributed by atoms with Crippen molar-refractivity contribution in [3.63, 3.8) is 0 Å². The summed E-state index contributed by atoms with van der Waals surface area (Å²) >= 11 is 0. The minimum Gasteiger partial charge on any atom is -0.452 e. The molecule has 0 radical (unpaired) electrons. The number of rotatable bonds is 8. The van der Waals surface area contributed by atoms with Gasteiger partial charge in [-0.3, -0.25) is 9.59 Å². The van der Waals surface area contributed by atoms with Crippen molar-refractivity contribution in [1.29, 1.82) is 0 Å². The molecule has 0 saturated carbocycles. The van der Waals surface area contributed by atoms with E-state index in [4.69, 9.17) is 9.84 Å². The number of nitrogens with one attached hydrogen (secondary N) is 2. The molecule has 0 fully saturated rings. The molecule has 7 heteroatoms. The quantitative estimate of drug-likeness (QED) is 0.613. The fourth-order valence-corrected chi connectivity index (χ4v) is 2.34. The monoisotopic (exact) mass is 370 g/mol. The number of carbonyl (C=O) groups excluding carboxylic acids is 3. The molecule has 0 spiro atoms. The molecule has 0 bridgehead atoms. The topological polar surface area (TPSA) is 105 Å². The van der Waals surface area contributed by atoms with Crippen molar-refractivity contribution < 1.29 is 24.2 Å². The average Bonchev–Trinajstić information content (AvgIpc) is 2.71. The first-order valence-electron chi connectivity index (χ1n) is 8.54. The van der Waals surface area contributed by atoms with Crippen LogP contribution in [0.3, 0.4) is 0 Å². The number of benzene rings is 2. The molecule has 0 aliphatic carbocycles. The van der Waals surface area contributed by atoms with Crippen LogP contribution in [0, 0.1) is 0 Å². The van der Waals surface area contributed by atoms with E-state index in [1.54, 1.807) is 18.2 Å². The molecule has 2 amide bonds. The van der Waals surface area contributed by atoms with Gasteiger partial charge < -0.3 is 20.5 Å². The van der Waals surface area contributed by atoms with Gasteiger partial charge in [0, 0.05) is 5.69 Å². The lowest BCUT2D eigenvalue weighted by atomic mass is 10.1. The molecule has 7 nitrogen and oxygen atoms in total. The Kier molecular flexibility index (Phi) is 7.51. The summed E-state index contributed by atoms with van der Waals surface area (Å²) in [7, 11) is 0. The van der Waals surface area contributed by atoms with Gasteiger partial charge >= 0.3 is 5.97 Å². The van der Waals surface area contributed by atoms with E-state index in [0.717, 1.165) is 12.0 Å². The Balaban J connectivity index is 1.75. The fourth-order valence-electron chi connectivity index (χ4n) is 2.34. The largest absolute Gasteiger partial charge is 0.452 e. The van der Waals surface area contributed by atoms with Crippen LogP contribution >= 0.6 is 0 Å². The maximum Gasteiger partial charge on any atom is 0.338 e. The first-order valence-corrected chi connectivity index (χ1v) is 8.54. The molecule has 27 heavy (non-hydrogen) atoms. The van der Waals surface area contributed by atoms with E-state index in [-0.39, 0.29) is 24.6 Å². The minimum absolute atomic E-state index is 0.122. The summed E-state index contributed by atoms with van der Waals surface area (Å²) in [4.78, 5) is 35.6. The van der Waals surface area contributed by atoms with Gasteiger partial charge in [-0.15, -0.1) is 0 Å². The number of hydrogen-bond acceptors (Lipinski definition) is 5.